The minimum absolute atomic E-state index is 0.139. The highest BCUT2D eigenvalue weighted by Crippen LogP contribution is 2.23. The Balaban J connectivity index is 1.94. The molecule has 0 spiro atoms. The molecule has 3 aromatic rings. The molecule has 0 aliphatic carbocycles. The first-order valence-corrected chi connectivity index (χ1v) is 11.4. The lowest BCUT2D eigenvalue weighted by molar-refractivity contribution is -0.117. The third-order valence-electron chi connectivity index (χ3n) is 4.36. The number of amides is 1. The van der Waals surface area contributed by atoms with E-state index in [-0.39, 0.29) is 17.2 Å². The molecule has 3 rings (SSSR count). The molecule has 27 heavy (non-hydrogen) atoms. The van der Waals surface area contributed by atoms with Gasteiger partial charge in [-0.2, -0.15) is 4.99 Å². The van der Waals surface area contributed by atoms with E-state index in [1.54, 1.807) is 12.1 Å². The first-order chi connectivity index (χ1) is 12.7. The van der Waals surface area contributed by atoms with Gasteiger partial charge in [0.05, 0.1) is 21.5 Å². The molecule has 1 aromatic heterocycles. The zero-order valence-corrected chi connectivity index (χ0v) is 17.4. The van der Waals surface area contributed by atoms with Crippen LogP contribution in [0.3, 0.4) is 0 Å². The van der Waals surface area contributed by atoms with Crippen LogP contribution in [0, 0.1) is 13.8 Å². The van der Waals surface area contributed by atoms with Crippen molar-refractivity contribution < 1.29 is 13.2 Å². The molecule has 142 valence electrons. The number of aryl methyl sites for hydroxylation is 3. The Morgan fingerprint density at radius 1 is 1.15 bits per heavy atom. The summed E-state index contributed by atoms with van der Waals surface area (Å²) < 4.78 is 26.3. The summed E-state index contributed by atoms with van der Waals surface area (Å²) in [4.78, 5) is 17.7. The van der Waals surface area contributed by atoms with E-state index < -0.39 is 9.84 Å². The minimum Gasteiger partial charge on any atom is -0.317 e. The number of nitrogens with zero attached hydrogens (tertiary/aromatic N) is 2. The van der Waals surface area contributed by atoms with Crippen LogP contribution < -0.4 is 4.80 Å². The fourth-order valence-corrected chi connectivity index (χ4v) is 4.87. The van der Waals surface area contributed by atoms with E-state index in [0.29, 0.717) is 4.80 Å². The molecule has 2 aromatic carbocycles. The summed E-state index contributed by atoms with van der Waals surface area (Å²) in [6.07, 6.45) is 1.30. The molecule has 0 bridgehead atoms. The molecule has 0 saturated heterocycles. The van der Waals surface area contributed by atoms with Gasteiger partial charge in [0, 0.05) is 12.8 Å². The number of fused-ring (bicyclic) bond motifs is 1. The summed E-state index contributed by atoms with van der Waals surface area (Å²) in [5.74, 6) is -0.245. The monoisotopic (exact) mass is 402 g/mol. The van der Waals surface area contributed by atoms with Crippen molar-refractivity contribution in [1.29, 1.82) is 0 Å². The topological polar surface area (TPSA) is 68.5 Å². The van der Waals surface area contributed by atoms with E-state index in [2.05, 4.69) is 35.5 Å². The molecule has 1 amide bonds. The number of carbonyl (C=O) groups excluding carboxylic acids is 1. The van der Waals surface area contributed by atoms with Crippen LogP contribution in [0.2, 0.25) is 0 Å². The van der Waals surface area contributed by atoms with Crippen molar-refractivity contribution in [3.05, 3.63) is 57.9 Å². The fraction of sp³-hybridized carbons (Fsp3) is 0.300. The van der Waals surface area contributed by atoms with Gasteiger partial charge in [-0.1, -0.05) is 29.5 Å². The number of carbonyl (C=O) groups is 1. The molecule has 0 saturated carbocycles. The number of hydrogen-bond acceptors (Lipinski definition) is 4. The van der Waals surface area contributed by atoms with Crippen molar-refractivity contribution in [2.24, 2.45) is 4.99 Å². The second-order valence-corrected chi connectivity index (χ2v) is 9.65. The molecule has 0 N–H and O–H groups in total. The van der Waals surface area contributed by atoms with Crippen molar-refractivity contribution >= 4 is 37.3 Å². The molecule has 7 heteroatoms. The number of hydrogen-bond donors (Lipinski definition) is 0. The van der Waals surface area contributed by atoms with Gasteiger partial charge in [0.15, 0.2) is 14.6 Å². The highest BCUT2D eigenvalue weighted by molar-refractivity contribution is 7.90. The van der Waals surface area contributed by atoms with Crippen LogP contribution >= 0.6 is 11.3 Å². The minimum atomic E-state index is -3.24. The maximum absolute atomic E-state index is 12.5. The van der Waals surface area contributed by atoms with Crippen LogP contribution in [-0.4, -0.2) is 25.1 Å². The number of aromatic nitrogens is 1. The summed E-state index contributed by atoms with van der Waals surface area (Å²) in [5, 5.41) is 0. The van der Waals surface area contributed by atoms with E-state index >= 15 is 0 Å². The van der Waals surface area contributed by atoms with Gasteiger partial charge in [0.25, 0.3) is 5.91 Å². The van der Waals surface area contributed by atoms with Crippen LogP contribution in [0.4, 0.5) is 0 Å². The molecular weight excluding hydrogens is 380 g/mol. The van der Waals surface area contributed by atoms with Crippen LogP contribution in [0.1, 0.15) is 23.6 Å². The smallest absolute Gasteiger partial charge is 0.252 e. The Labute approximate surface area is 162 Å². The number of thiazole rings is 1. The van der Waals surface area contributed by atoms with Crippen LogP contribution in [0.5, 0.6) is 0 Å². The second-order valence-electron chi connectivity index (χ2n) is 6.66. The molecule has 0 aliphatic heterocycles. The predicted molar refractivity (Wildman–Crippen MR) is 109 cm³/mol. The van der Waals surface area contributed by atoms with E-state index in [1.807, 2.05) is 6.92 Å². The summed E-state index contributed by atoms with van der Waals surface area (Å²) >= 11 is 1.52. The molecule has 1 heterocycles. The molecule has 0 fully saturated rings. The van der Waals surface area contributed by atoms with Crippen LogP contribution in [-0.2, 0) is 27.6 Å². The van der Waals surface area contributed by atoms with Gasteiger partial charge >= 0.3 is 0 Å². The Kier molecular flexibility index (Phi) is 5.35. The maximum Gasteiger partial charge on any atom is 0.252 e. The van der Waals surface area contributed by atoms with Gasteiger partial charge in [0.1, 0.15) is 0 Å². The molecule has 0 atom stereocenters. The van der Waals surface area contributed by atoms with E-state index in [4.69, 9.17) is 0 Å². The van der Waals surface area contributed by atoms with Gasteiger partial charge in [-0.05, 0) is 55.7 Å². The quantitative estimate of drug-likeness (QED) is 0.671. The van der Waals surface area contributed by atoms with Gasteiger partial charge in [-0.25, -0.2) is 8.42 Å². The average Bonchev–Trinajstić information content (AvgIpc) is 2.91. The van der Waals surface area contributed by atoms with E-state index in [1.165, 1.54) is 34.6 Å². The second kappa shape index (κ2) is 7.40. The largest absolute Gasteiger partial charge is 0.317 e. The van der Waals surface area contributed by atoms with Crippen molar-refractivity contribution in [3.8, 4) is 0 Å². The molecule has 5 nitrogen and oxygen atoms in total. The van der Waals surface area contributed by atoms with Gasteiger partial charge < -0.3 is 4.57 Å². The highest BCUT2D eigenvalue weighted by atomic mass is 32.2. The Morgan fingerprint density at radius 2 is 1.81 bits per heavy atom. The summed E-state index contributed by atoms with van der Waals surface area (Å²) in [7, 11) is -3.24. The molecule has 0 unspecified atom stereocenters. The number of rotatable bonds is 4. The Morgan fingerprint density at radius 3 is 2.41 bits per heavy atom. The third-order valence-corrected chi connectivity index (χ3v) is 6.72. The van der Waals surface area contributed by atoms with Crippen molar-refractivity contribution in [3.63, 3.8) is 0 Å². The van der Waals surface area contributed by atoms with Gasteiger partial charge in [-0.3, -0.25) is 4.79 Å². The van der Waals surface area contributed by atoms with Crippen molar-refractivity contribution in [1.82, 2.24) is 4.57 Å². The summed E-state index contributed by atoms with van der Waals surface area (Å²) in [5.41, 5.74) is 4.21. The summed E-state index contributed by atoms with van der Waals surface area (Å²) in [6.45, 7) is 6.91. The lowest BCUT2D eigenvalue weighted by Crippen LogP contribution is -2.16. The van der Waals surface area contributed by atoms with Gasteiger partial charge in [-0.15, -0.1) is 0 Å². The van der Waals surface area contributed by atoms with Crippen molar-refractivity contribution in [2.45, 2.75) is 38.6 Å². The first kappa shape index (κ1) is 19.5. The molecular formula is C20H22N2O3S2. The van der Waals surface area contributed by atoms with Crippen molar-refractivity contribution in [2.75, 3.05) is 6.26 Å². The lowest BCUT2D eigenvalue weighted by Gasteiger charge is -2.03. The standard InChI is InChI=1S/C20H22N2O3S2/c1-5-22-17-11-13(2)10-14(3)19(17)26-20(22)21-18(23)12-15-6-8-16(9-7-15)27(4,24)25/h6-11H,5,12H2,1-4H3. The Hall–Kier alpha value is -2.25. The normalized spacial score (nSPS) is 12.7. The fourth-order valence-electron chi connectivity index (χ4n) is 3.08. The lowest BCUT2D eigenvalue weighted by atomic mass is 10.1. The number of benzene rings is 2. The first-order valence-electron chi connectivity index (χ1n) is 8.66. The van der Waals surface area contributed by atoms with E-state index in [9.17, 15) is 13.2 Å². The van der Waals surface area contributed by atoms with E-state index in [0.717, 1.165) is 28.6 Å². The molecule has 0 aliphatic rings. The highest BCUT2D eigenvalue weighted by Gasteiger charge is 2.11. The summed E-state index contributed by atoms with van der Waals surface area (Å²) in [6, 6.07) is 10.6. The van der Waals surface area contributed by atoms with Crippen LogP contribution in [0.15, 0.2) is 46.3 Å². The molecule has 0 radical (unpaired) electrons. The van der Waals surface area contributed by atoms with Crippen LogP contribution in [0.25, 0.3) is 10.2 Å². The maximum atomic E-state index is 12.5. The average molecular weight is 403 g/mol. The Bertz CT molecular complexity index is 1180. The predicted octanol–water partition coefficient (Wildman–Crippen LogP) is 3.41. The SMILES string of the molecule is CCn1c(=NC(=O)Cc2ccc(S(C)(=O)=O)cc2)sc2c(C)cc(C)cc21. The zero-order chi connectivity index (χ0) is 19.8. The van der Waals surface area contributed by atoms with Gasteiger partial charge in [0.2, 0.25) is 0 Å². The zero-order valence-electron chi connectivity index (χ0n) is 15.8. The third kappa shape index (κ3) is 4.20. The number of sulfone groups is 1.